The molecule has 1 amide bonds. The minimum absolute atomic E-state index is 0.0919. The van der Waals surface area contributed by atoms with E-state index >= 15 is 0 Å². The minimum Gasteiger partial charge on any atom is -0.478 e. The summed E-state index contributed by atoms with van der Waals surface area (Å²) in [6, 6.07) is 6.55. The standard InChI is InChI=1S/C14H17NO3S/c1-2-8-19-9-7-15-13(16)10-11-5-3-4-6-12(11)14(17)18/h2-6H,1,7-10H2,(H,15,16)(H,17,18). The first-order valence-corrected chi connectivity index (χ1v) is 7.07. The van der Waals surface area contributed by atoms with Gasteiger partial charge in [-0.05, 0) is 11.6 Å². The Morgan fingerprint density at radius 2 is 2.11 bits per heavy atom. The molecule has 0 saturated heterocycles. The van der Waals surface area contributed by atoms with Crippen LogP contribution in [0.3, 0.4) is 0 Å². The number of carbonyl (C=O) groups is 2. The molecule has 4 nitrogen and oxygen atoms in total. The molecule has 102 valence electrons. The van der Waals surface area contributed by atoms with E-state index < -0.39 is 5.97 Å². The highest BCUT2D eigenvalue weighted by Gasteiger charge is 2.11. The molecule has 5 heteroatoms. The van der Waals surface area contributed by atoms with Gasteiger partial charge in [0.05, 0.1) is 12.0 Å². The van der Waals surface area contributed by atoms with Gasteiger partial charge in [0.25, 0.3) is 0 Å². The van der Waals surface area contributed by atoms with E-state index in [1.165, 1.54) is 6.07 Å². The van der Waals surface area contributed by atoms with Crippen LogP contribution in [-0.4, -0.2) is 35.0 Å². The first-order chi connectivity index (χ1) is 9.15. The lowest BCUT2D eigenvalue weighted by Gasteiger charge is -2.07. The van der Waals surface area contributed by atoms with Crippen LogP contribution >= 0.6 is 11.8 Å². The molecule has 0 bridgehead atoms. The molecule has 19 heavy (non-hydrogen) atoms. The summed E-state index contributed by atoms with van der Waals surface area (Å²) in [5, 5.41) is 11.8. The van der Waals surface area contributed by atoms with E-state index in [4.69, 9.17) is 5.11 Å². The summed E-state index contributed by atoms with van der Waals surface area (Å²) in [7, 11) is 0. The lowest BCUT2D eigenvalue weighted by atomic mass is 10.0. The van der Waals surface area contributed by atoms with Crippen LogP contribution in [0.1, 0.15) is 15.9 Å². The van der Waals surface area contributed by atoms with Gasteiger partial charge in [-0.15, -0.1) is 6.58 Å². The number of amides is 1. The molecular weight excluding hydrogens is 262 g/mol. The highest BCUT2D eigenvalue weighted by molar-refractivity contribution is 7.99. The van der Waals surface area contributed by atoms with E-state index in [1.807, 2.05) is 6.08 Å². The molecule has 0 spiro atoms. The van der Waals surface area contributed by atoms with Crippen molar-refractivity contribution in [1.29, 1.82) is 0 Å². The van der Waals surface area contributed by atoms with Gasteiger partial charge in [0.2, 0.25) is 5.91 Å². The van der Waals surface area contributed by atoms with Crippen molar-refractivity contribution in [1.82, 2.24) is 5.32 Å². The Bertz CT molecular complexity index is 460. The van der Waals surface area contributed by atoms with Crippen molar-refractivity contribution >= 4 is 23.6 Å². The SMILES string of the molecule is C=CCSCCNC(=O)Cc1ccccc1C(=O)O. The maximum absolute atomic E-state index is 11.7. The molecule has 0 fully saturated rings. The maximum atomic E-state index is 11.7. The van der Waals surface area contributed by atoms with E-state index in [2.05, 4.69) is 11.9 Å². The second kappa shape index (κ2) is 8.37. The topological polar surface area (TPSA) is 66.4 Å². The van der Waals surface area contributed by atoms with Gasteiger partial charge >= 0.3 is 5.97 Å². The van der Waals surface area contributed by atoms with Crippen molar-refractivity contribution in [3.8, 4) is 0 Å². The summed E-state index contributed by atoms with van der Waals surface area (Å²) in [6.45, 7) is 4.19. The predicted molar refractivity (Wildman–Crippen MR) is 77.6 cm³/mol. The summed E-state index contributed by atoms with van der Waals surface area (Å²) < 4.78 is 0. The molecule has 1 aromatic carbocycles. The smallest absolute Gasteiger partial charge is 0.335 e. The van der Waals surface area contributed by atoms with Gasteiger partial charge in [-0.25, -0.2) is 4.79 Å². The Morgan fingerprint density at radius 3 is 2.79 bits per heavy atom. The Balaban J connectivity index is 2.44. The maximum Gasteiger partial charge on any atom is 0.335 e. The number of thioether (sulfide) groups is 1. The number of carbonyl (C=O) groups excluding carboxylic acids is 1. The number of hydrogen-bond donors (Lipinski definition) is 2. The monoisotopic (exact) mass is 279 g/mol. The number of nitrogens with one attached hydrogen (secondary N) is 1. The quantitative estimate of drug-likeness (QED) is 0.564. The van der Waals surface area contributed by atoms with Gasteiger partial charge < -0.3 is 10.4 Å². The Hall–Kier alpha value is -1.75. The van der Waals surface area contributed by atoms with Crippen molar-refractivity contribution in [3.63, 3.8) is 0 Å². The van der Waals surface area contributed by atoms with Crippen LogP contribution in [0.5, 0.6) is 0 Å². The second-order valence-corrected chi connectivity index (χ2v) is 5.00. The van der Waals surface area contributed by atoms with Crippen LogP contribution < -0.4 is 5.32 Å². The van der Waals surface area contributed by atoms with Crippen molar-refractivity contribution in [2.24, 2.45) is 0 Å². The molecule has 0 atom stereocenters. The first kappa shape index (κ1) is 15.3. The summed E-state index contributed by atoms with van der Waals surface area (Å²) in [5.41, 5.74) is 0.713. The number of rotatable bonds is 8. The molecule has 0 aliphatic rings. The molecule has 2 N–H and O–H groups in total. The van der Waals surface area contributed by atoms with Crippen molar-refractivity contribution < 1.29 is 14.7 Å². The van der Waals surface area contributed by atoms with Gasteiger partial charge in [-0.1, -0.05) is 24.3 Å². The van der Waals surface area contributed by atoms with Crippen LogP contribution in [-0.2, 0) is 11.2 Å². The number of benzene rings is 1. The highest BCUT2D eigenvalue weighted by atomic mass is 32.2. The molecule has 0 aliphatic carbocycles. The highest BCUT2D eigenvalue weighted by Crippen LogP contribution is 2.09. The molecule has 1 aromatic rings. The third-order valence-corrected chi connectivity index (χ3v) is 3.37. The molecule has 1 rings (SSSR count). The van der Waals surface area contributed by atoms with Crippen LogP contribution in [0.2, 0.25) is 0 Å². The Labute approximate surface area is 116 Å². The van der Waals surface area contributed by atoms with Gasteiger partial charge in [0, 0.05) is 18.1 Å². The van der Waals surface area contributed by atoms with Gasteiger partial charge in [0.15, 0.2) is 0 Å². The van der Waals surface area contributed by atoms with Gasteiger partial charge in [-0.2, -0.15) is 11.8 Å². The molecule has 0 saturated carbocycles. The fourth-order valence-electron chi connectivity index (χ4n) is 1.55. The van der Waals surface area contributed by atoms with E-state index in [0.717, 1.165) is 11.5 Å². The van der Waals surface area contributed by atoms with E-state index in [1.54, 1.807) is 30.0 Å². The fraction of sp³-hybridized carbons (Fsp3) is 0.286. The lowest BCUT2D eigenvalue weighted by molar-refractivity contribution is -0.120. The molecule has 0 aliphatic heterocycles. The van der Waals surface area contributed by atoms with Gasteiger partial charge in [-0.3, -0.25) is 4.79 Å². The van der Waals surface area contributed by atoms with E-state index in [-0.39, 0.29) is 17.9 Å². The molecule has 0 heterocycles. The molecular formula is C14H17NO3S. The third-order valence-electron chi connectivity index (χ3n) is 2.40. The summed E-state index contributed by atoms with van der Waals surface area (Å²) in [5.74, 6) is 0.508. The Morgan fingerprint density at radius 1 is 1.37 bits per heavy atom. The lowest BCUT2D eigenvalue weighted by Crippen LogP contribution is -2.27. The minimum atomic E-state index is -1.01. The zero-order valence-corrected chi connectivity index (χ0v) is 11.4. The zero-order valence-electron chi connectivity index (χ0n) is 10.6. The first-order valence-electron chi connectivity index (χ1n) is 5.91. The van der Waals surface area contributed by atoms with Gasteiger partial charge in [0.1, 0.15) is 0 Å². The number of carboxylic acids is 1. The van der Waals surface area contributed by atoms with Crippen LogP contribution in [0.15, 0.2) is 36.9 Å². The third kappa shape index (κ3) is 5.61. The van der Waals surface area contributed by atoms with Crippen LogP contribution in [0, 0.1) is 0 Å². The Kier molecular flexibility index (Phi) is 6.74. The normalized spacial score (nSPS) is 9.89. The average molecular weight is 279 g/mol. The largest absolute Gasteiger partial charge is 0.478 e. The van der Waals surface area contributed by atoms with Crippen molar-refractivity contribution in [3.05, 3.63) is 48.0 Å². The summed E-state index contributed by atoms with van der Waals surface area (Å²) >= 11 is 1.68. The number of carboxylic acid groups (broad SMARTS) is 1. The predicted octanol–water partition coefficient (Wildman–Crippen LogP) is 1.96. The number of hydrogen-bond acceptors (Lipinski definition) is 3. The molecule has 0 radical (unpaired) electrons. The summed E-state index contributed by atoms with van der Waals surface area (Å²) in [4.78, 5) is 22.7. The summed E-state index contributed by atoms with van der Waals surface area (Å²) in [6.07, 6.45) is 1.91. The van der Waals surface area contributed by atoms with E-state index in [0.29, 0.717) is 12.1 Å². The van der Waals surface area contributed by atoms with Crippen molar-refractivity contribution in [2.45, 2.75) is 6.42 Å². The second-order valence-electron chi connectivity index (χ2n) is 3.85. The van der Waals surface area contributed by atoms with E-state index in [9.17, 15) is 9.59 Å². The number of aromatic carboxylic acids is 1. The zero-order chi connectivity index (χ0) is 14.1. The van der Waals surface area contributed by atoms with Crippen LogP contribution in [0.4, 0.5) is 0 Å². The van der Waals surface area contributed by atoms with Crippen LogP contribution in [0.25, 0.3) is 0 Å². The molecule has 0 unspecified atom stereocenters. The molecule has 0 aromatic heterocycles. The average Bonchev–Trinajstić information content (AvgIpc) is 2.39. The fourth-order valence-corrected chi connectivity index (χ4v) is 2.13. The van der Waals surface area contributed by atoms with Crippen molar-refractivity contribution in [2.75, 3.05) is 18.1 Å².